The SMILES string of the molecule is C[C](=[Zr])C(Cl)Cl.[c-]1c(C2C=CC=C2)ccc2c1Cc1ccccc1-2. The van der Waals surface area contributed by atoms with Crippen molar-refractivity contribution in [3.05, 3.63) is 83.5 Å². The Hall–Kier alpha value is -0.747. The Morgan fingerprint density at radius 1 is 1.08 bits per heavy atom. The fourth-order valence-electron chi connectivity index (χ4n) is 2.91. The number of rotatable bonds is 2. The molecule has 0 aromatic heterocycles. The van der Waals surface area contributed by atoms with E-state index < -0.39 is 0 Å². The Morgan fingerprint density at radius 2 is 1.75 bits per heavy atom. The van der Waals surface area contributed by atoms with Crippen molar-refractivity contribution in [1.82, 2.24) is 0 Å². The van der Waals surface area contributed by atoms with Gasteiger partial charge in [0.2, 0.25) is 0 Å². The van der Waals surface area contributed by atoms with Crippen LogP contribution in [0.5, 0.6) is 0 Å². The second-order valence-corrected chi connectivity index (χ2v) is 8.95. The van der Waals surface area contributed by atoms with Gasteiger partial charge in [-0.05, 0) is 12.3 Å². The molecule has 0 N–H and O–H groups in total. The van der Waals surface area contributed by atoms with E-state index >= 15 is 0 Å². The fourth-order valence-corrected chi connectivity index (χ4v) is 2.91. The van der Waals surface area contributed by atoms with Gasteiger partial charge < -0.3 is 0 Å². The van der Waals surface area contributed by atoms with Crippen molar-refractivity contribution in [2.45, 2.75) is 24.1 Å². The molecule has 2 aromatic rings. The predicted molar refractivity (Wildman–Crippen MR) is 101 cm³/mol. The Morgan fingerprint density at radius 3 is 2.42 bits per heavy atom. The summed E-state index contributed by atoms with van der Waals surface area (Å²) in [6.45, 7) is 1.93. The van der Waals surface area contributed by atoms with E-state index in [2.05, 4.69) is 66.8 Å². The van der Waals surface area contributed by atoms with Crippen molar-refractivity contribution in [3.8, 4) is 11.1 Å². The monoisotopic (exact) mass is 429 g/mol. The zero-order valence-electron chi connectivity index (χ0n) is 13.4. The molecule has 0 nitrogen and oxygen atoms in total. The van der Waals surface area contributed by atoms with E-state index in [1.54, 1.807) is 0 Å². The van der Waals surface area contributed by atoms with Gasteiger partial charge in [-0.25, -0.2) is 0 Å². The fraction of sp³-hybridized carbons (Fsp3) is 0.190. The van der Waals surface area contributed by atoms with Crippen LogP contribution >= 0.6 is 23.2 Å². The molecule has 0 radical (unpaired) electrons. The van der Waals surface area contributed by atoms with E-state index in [0.29, 0.717) is 5.92 Å². The van der Waals surface area contributed by atoms with Gasteiger partial charge in [0, 0.05) is 0 Å². The largest absolute Gasteiger partial charge is 0.175 e. The zero-order chi connectivity index (χ0) is 17.1. The van der Waals surface area contributed by atoms with Gasteiger partial charge in [-0.1, -0.05) is 59.7 Å². The number of fused-ring (bicyclic) bond motifs is 3. The summed E-state index contributed by atoms with van der Waals surface area (Å²) in [6, 6.07) is 16.7. The number of hydrogen-bond donors (Lipinski definition) is 0. The molecule has 0 spiro atoms. The molecule has 4 rings (SSSR count). The van der Waals surface area contributed by atoms with Crippen LogP contribution < -0.4 is 0 Å². The molecule has 0 atom stereocenters. The van der Waals surface area contributed by atoms with Crippen molar-refractivity contribution in [3.63, 3.8) is 0 Å². The van der Waals surface area contributed by atoms with E-state index in [0.717, 1.165) is 9.63 Å². The summed E-state index contributed by atoms with van der Waals surface area (Å²) in [5, 5.41) is 0. The molecule has 2 aliphatic rings. The van der Waals surface area contributed by atoms with E-state index in [1.807, 2.05) is 6.92 Å². The van der Waals surface area contributed by atoms with Gasteiger partial charge in [0.15, 0.2) is 0 Å². The predicted octanol–water partition coefficient (Wildman–Crippen LogP) is 5.80. The average Bonchev–Trinajstić information content (AvgIpc) is 3.22. The molecule has 0 amide bonds. The summed E-state index contributed by atoms with van der Waals surface area (Å²) in [4.78, 5) is -0.247. The Balaban J connectivity index is 0.000000246. The zero-order valence-corrected chi connectivity index (χ0v) is 17.4. The molecule has 2 aliphatic carbocycles. The third-order valence-electron chi connectivity index (χ3n) is 4.16. The van der Waals surface area contributed by atoms with Crippen LogP contribution in [0.15, 0.2) is 60.7 Å². The average molecular weight is 431 g/mol. The number of halogens is 2. The van der Waals surface area contributed by atoms with Gasteiger partial charge in [0.05, 0.1) is 0 Å². The molecule has 0 saturated carbocycles. The van der Waals surface area contributed by atoms with Crippen LogP contribution in [0, 0.1) is 6.07 Å². The number of hydrogen-bond acceptors (Lipinski definition) is 0. The van der Waals surface area contributed by atoms with Crippen LogP contribution in [-0.2, 0) is 30.7 Å². The molecule has 0 saturated heterocycles. The Kier molecular flexibility index (Phi) is 6.09. The molecule has 0 aliphatic heterocycles. The molecule has 2 aromatic carbocycles. The molecular formula is C21H17Cl2Zr-. The smallest absolute Gasteiger partial charge is 0.00217 e. The summed E-state index contributed by atoms with van der Waals surface area (Å²) >= 11 is 12.0. The minimum Gasteiger partial charge on any atom is -0.175 e. The molecule has 24 heavy (non-hydrogen) atoms. The first-order valence-electron chi connectivity index (χ1n) is 7.88. The van der Waals surface area contributed by atoms with E-state index in [1.165, 1.54) is 52.1 Å². The standard InChI is InChI=1S/C18H13.C3H4Cl2.Zr/c1-2-6-13(5-1)14-9-10-18-16(11-14)12-15-7-3-4-8-17(15)18;1-2-3(4)5;/h1-10,13H,12H2;3H,1H3;/q-1;;. The Bertz CT molecular complexity index is 806. The molecular weight excluding hydrogens is 414 g/mol. The minimum absolute atomic E-state index is 0.247. The van der Waals surface area contributed by atoms with Gasteiger partial charge in [0.1, 0.15) is 0 Å². The summed E-state index contributed by atoms with van der Waals surface area (Å²) in [6.07, 6.45) is 9.70. The maximum atomic E-state index is 5.36. The van der Waals surface area contributed by atoms with Crippen LogP contribution in [0.3, 0.4) is 0 Å². The van der Waals surface area contributed by atoms with Crippen molar-refractivity contribution in [2.75, 3.05) is 0 Å². The van der Waals surface area contributed by atoms with Gasteiger partial charge in [-0.3, -0.25) is 0 Å². The first kappa shape index (κ1) is 18.1. The first-order valence-corrected chi connectivity index (χ1v) is 9.98. The molecule has 0 fully saturated rings. The quantitative estimate of drug-likeness (QED) is 0.356. The topological polar surface area (TPSA) is 0 Å². The van der Waals surface area contributed by atoms with Crippen molar-refractivity contribution in [2.24, 2.45) is 0 Å². The summed E-state index contributed by atoms with van der Waals surface area (Å²) in [7, 11) is 0. The van der Waals surface area contributed by atoms with Crippen molar-refractivity contribution < 1.29 is 24.2 Å². The molecule has 0 unspecified atom stereocenters. The van der Waals surface area contributed by atoms with Crippen LogP contribution in [0.1, 0.15) is 29.5 Å². The first-order chi connectivity index (χ1) is 11.6. The van der Waals surface area contributed by atoms with Gasteiger partial charge in [-0.2, -0.15) is 23.8 Å². The summed E-state index contributed by atoms with van der Waals surface area (Å²) in [5.74, 6) is 0.416. The minimum atomic E-state index is -0.247. The second kappa shape index (κ2) is 8.09. The third-order valence-corrected chi connectivity index (χ3v) is 6.42. The Labute approximate surface area is 168 Å². The van der Waals surface area contributed by atoms with E-state index in [9.17, 15) is 0 Å². The number of benzene rings is 2. The summed E-state index contributed by atoms with van der Waals surface area (Å²) in [5.41, 5.74) is 6.81. The normalized spacial score (nSPS) is 14.3. The maximum absolute atomic E-state index is 5.36. The second-order valence-electron chi connectivity index (χ2n) is 5.92. The van der Waals surface area contributed by atoms with Gasteiger partial charge in [0.25, 0.3) is 0 Å². The molecule has 3 heteroatoms. The molecule has 0 heterocycles. The number of alkyl halides is 2. The van der Waals surface area contributed by atoms with Crippen LogP contribution in [0.25, 0.3) is 11.1 Å². The van der Waals surface area contributed by atoms with Crippen LogP contribution in [-0.4, -0.2) is 8.04 Å². The van der Waals surface area contributed by atoms with Crippen molar-refractivity contribution in [1.29, 1.82) is 0 Å². The van der Waals surface area contributed by atoms with Crippen LogP contribution in [0.4, 0.5) is 0 Å². The van der Waals surface area contributed by atoms with Crippen molar-refractivity contribution >= 4 is 26.4 Å². The van der Waals surface area contributed by atoms with Gasteiger partial charge >= 0.3 is 62.4 Å². The van der Waals surface area contributed by atoms with E-state index in [-0.39, 0.29) is 4.84 Å². The van der Waals surface area contributed by atoms with Gasteiger partial charge in [-0.15, -0.1) is 11.1 Å². The summed E-state index contributed by atoms with van der Waals surface area (Å²) < 4.78 is 1.13. The number of allylic oxidation sites excluding steroid dienone is 4. The molecule has 120 valence electrons. The van der Waals surface area contributed by atoms with Crippen LogP contribution in [0.2, 0.25) is 0 Å². The maximum Gasteiger partial charge on any atom is -0.00217 e. The molecule has 0 bridgehead atoms. The van der Waals surface area contributed by atoms with E-state index in [4.69, 9.17) is 23.2 Å². The third kappa shape index (κ3) is 4.07.